The van der Waals surface area contributed by atoms with E-state index in [0.717, 1.165) is 15.9 Å². The smallest absolute Gasteiger partial charge is 0.348 e. The molecule has 10 nitrogen and oxygen atoms in total. The first-order chi connectivity index (χ1) is 19.5. The van der Waals surface area contributed by atoms with E-state index in [-0.39, 0.29) is 65.0 Å². The molecule has 0 unspecified atom stereocenters. The Bertz CT molecular complexity index is 1600. The van der Waals surface area contributed by atoms with Crippen LogP contribution in [0.5, 0.6) is 5.75 Å². The monoisotopic (exact) mass is 587 g/mol. The molecule has 0 amide bonds. The lowest BCUT2D eigenvalue weighted by molar-refractivity contribution is -0.122. The molecule has 0 spiro atoms. The quantitative estimate of drug-likeness (QED) is 0.208. The van der Waals surface area contributed by atoms with Crippen molar-refractivity contribution in [2.45, 2.75) is 66.2 Å². The molecule has 0 aliphatic rings. The molecule has 2 heterocycles. The molecule has 41 heavy (non-hydrogen) atoms. The predicted molar refractivity (Wildman–Crippen MR) is 152 cm³/mol. The van der Waals surface area contributed by atoms with Crippen molar-refractivity contribution in [3.8, 4) is 11.8 Å². The van der Waals surface area contributed by atoms with Crippen molar-refractivity contribution in [3.05, 3.63) is 60.9 Å². The lowest BCUT2D eigenvalue weighted by Gasteiger charge is -2.23. The number of rotatable bonds is 13. The van der Waals surface area contributed by atoms with Gasteiger partial charge in [-0.2, -0.15) is 5.26 Å². The number of hydrogen-bond donors (Lipinski definition) is 0. The van der Waals surface area contributed by atoms with Crippen LogP contribution in [0.1, 0.15) is 73.5 Å². The Morgan fingerprint density at radius 3 is 2.51 bits per heavy atom. The minimum atomic E-state index is -1.08. The Hall–Kier alpha value is -3.82. The predicted octanol–water partition coefficient (Wildman–Crippen LogP) is 4.71. The fraction of sp³-hybridized carbons (Fsp3) is 0.483. The number of hydrogen-bond acceptors (Lipinski definition) is 9. The minimum absolute atomic E-state index is 0.00302. The van der Waals surface area contributed by atoms with Gasteiger partial charge < -0.3 is 14.2 Å². The first-order valence-electron chi connectivity index (χ1n) is 13.3. The lowest BCUT2D eigenvalue weighted by atomic mass is 10.0. The molecule has 0 saturated heterocycles. The number of ketones is 1. The van der Waals surface area contributed by atoms with Gasteiger partial charge in [-0.1, -0.05) is 13.8 Å². The standard InChI is InChI=1S/C29H34FN3O7S/c1-7-39-28(36)25-17(4)24-26(35)33(18(5)21(34)13-16(2)3)29(37)32(27(24)41-25)15-23(40-12-8-11-31)20-14-19(30)9-10-22(20)38-6/h9-10,14,16,18,23H,7-8,12-13,15H2,1-6H3/t18-,23+/m1/s1. The number of Topliss-reactive ketones (excluding diaryl/α,β-unsaturated/α-hetero) is 1. The summed E-state index contributed by atoms with van der Waals surface area (Å²) in [6.45, 7) is 8.31. The summed E-state index contributed by atoms with van der Waals surface area (Å²) >= 11 is 0.922. The number of nitriles is 1. The van der Waals surface area contributed by atoms with E-state index in [4.69, 9.17) is 19.5 Å². The van der Waals surface area contributed by atoms with Crippen LogP contribution in [0.25, 0.3) is 10.2 Å². The Labute approximate surface area is 240 Å². The van der Waals surface area contributed by atoms with E-state index >= 15 is 0 Å². The van der Waals surface area contributed by atoms with E-state index < -0.39 is 35.2 Å². The number of benzene rings is 1. The highest BCUT2D eigenvalue weighted by Crippen LogP contribution is 2.33. The minimum Gasteiger partial charge on any atom is -0.496 e. The molecular formula is C29H34FN3O7S. The zero-order valence-electron chi connectivity index (χ0n) is 24.0. The third-order valence-electron chi connectivity index (χ3n) is 6.59. The molecule has 0 radical (unpaired) electrons. The number of carbonyl (C=O) groups excluding carboxylic acids is 2. The van der Waals surface area contributed by atoms with Gasteiger partial charge in [0.1, 0.15) is 27.4 Å². The first kappa shape index (κ1) is 31.7. The van der Waals surface area contributed by atoms with Crippen LogP contribution in [-0.4, -0.2) is 41.2 Å². The molecule has 12 heteroatoms. The zero-order chi connectivity index (χ0) is 30.4. The maximum absolute atomic E-state index is 14.4. The number of halogens is 1. The Morgan fingerprint density at radius 2 is 1.90 bits per heavy atom. The highest BCUT2D eigenvalue weighted by Gasteiger charge is 2.29. The summed E-state index contributed by atoms with van der Waals surface area (Å²) in [5, 5.41) is 9.16. The highest BCUT2D eigenvalue weighted by atomic mass is 32.1. The van der Waals surface area contributed by atoms with Crippen LogP contribution < -0.4 is 16.0 Å². The van der Waals surface area contributed by atoms with Gasteiger partial charge >= 0.3 is 11.7 Å². The number of esters is 1. The molecule has 0 bridgehead atoms. The normalized spacial score (nSPS) is 12.8. The fourth-order valence-corrected chi connectivity index (χ4v) is 5.78. The summed E-state index contributed by atoms with van der Waals surface area (Å²) in [6, 6.07) is 4.75. The summed E-state index contributed by atoms with van der Waals surface area (Å²) in [4.78, 5) is 53.9. The molecule has 0 saturated carbocycles. The van der Waals surface area contributed by atoms with Crippen molar-refractivity contribution in [2.24, 2.45) is 5.92 Å². The van der Waals surface area contributed by atoms with Crippen LogP contribution in [0, 0.1) is 30.0 Å². The largest absolute Gasteiger partial charge is 0.496 e. The number of carbonyl (C=O) groups is 2. The van der Waals surface area contributed by atoms with E-state index in [1.165, 1.54) is 36.8 Å². The van der Waals surface area contributed by atoms with Crippen LogP contribution >= 0.6 is 11.3 Å². The molecule has 0 fully saturated rings. The van der Waals surface area contributed by atoms with Gasteiger partial charge in [0.05, 0.1) is 50.8 Å². The second-order valence-electron chi connectivity index (χ2n) is 9.92. The summed E-state index contributed by atoms with van der Waals surface area (Å²) < 4.78 is 33.1. The fourth-order valence-electron chi connectivity index (χ4n) is 4.59. The van der Waals surface area contributed by atoms with Crippen molar-refractivity contribution in [1.82, 2.24) is 9.13 Å². The molecular weight excluding hydrogens is 553 g/mol. The van der Waals surface area contributed by atoms with Gasteiger partial charge in [-0.25, -0.2) is 18.5 Å². The molecule has 1 aromatic carbocycles. The average molecular weight is 588 g/mol. The second-order valence-corrected chi connectivity index (χ2v) is 10.9. The third-order valence-corrected chi connectivity index (χ3v) is 7.88. The molecule has 0 aliphatic carbocycles. The van der Waals surface area contributed by atoms with E-state index in [0.29, 0.717) is 11.3 Å². The van der Waals surface area contributed by atoms with E-state index in [2.05, 4.69) is 0 Å². The van der Waals surface area contributed by atoms with Gasteiger partial charge in [-0.3, -0.25) is 14.2 Å². The number of aromatic nitrogens is 2. The molecule has 2 atom stereocenters. The number of ether oxygens (including phenoxy) is 3. The Kier molecular flexibility index (Phi) is 10.6. The first-order valence-corrected chi connectivity index (χ1v) is 14.1. The summed E-state index contributed by atoms with van der Waals surface area (Å²) in [5.74, 6) is -1.21. The van der Waals surface area contributed by atoms with Gasteiger partial charge in [-0.05, 0) is 50.5 Å². The van der Waals surface area contributed by atoms with Gasteiger partial charge in [0.15, 0.2) is 5.78 Å². The SMILES string of the molecule is CCOC(=O)c1sc2c(c1C)c(=O)n([C@H](C)C(=O)CC(C)C)c(=O)n2C[C@H](OCCC#N)c1cc(F)ccc1OC. The second kappa shape index (κ2) is 13.7. The van der Waals surface area contributed by atoms with Gasteiger partial charge in [-0.15, -0.1) is 11.3 Å². The topological polar surface area (TPSA) is 130 Å². The van der Waals surface area contributed by atoms with Crippen molar-refractivity contribution in [2.75, 3.05) is 20.3 Å². The molecule has 0 N–H and O–H groups in total. The van der Waals surface area contributed by atoms with Crippen molar-refractivity contribution in [1.29, 1.82) is 5.26 Å². The third kappa shape index (κ3) is 6.74. The van der Waals surface area contributed by atoms with Crippen molar-refractivity contribution >= 4 is 33.3 Å². The van der Waals surface area contributed by atoms with Crippen molar-refractivity contribution < 1.29 is 28.2 Å². The van der Waals surface area contributed by atoms with Gasteiger partial charge in [0, 0.05) is 12.0 Å². The zero-order valence-corrected chi connectivity index (χ0v) is 24.8. The maximum Gasteiger partial charge on any atom is 0.348 e. The molecule has 220 valence electrons. The summed E-state index contributed by atoms with van der Waals surface area (Å²) in [7, 11) is 1.41. The number of thiophene rings is 1. The molecule has 3 rings (SSSR count). The Balaban J connectivity index is 2.34. The number of aryl methyl sites for hydroxylation is 1. The highest BCUT2D eigenvalue weighted by molar-refractivity contribution is 7.20. The molecule has 0 aliphatic heterocycles. The van der Waals surface area contributed by atoms with E-state index in [9.17, 15) is 23.6 Å². The average Bonchev–Trinajstić information content (AvgIpc) is 3.27. The van der Waals surface area contributed by atoms with E-state index in [1.807, 2.05) is 19.9 Å². The summed E-state index contributed by atoms with van der Waals surface area (Å²) in [5.41, 5.74) is -0.871. The number of nitrogens with zero attached hydrogens (tertiary/aromatic N) is 3. The van der Waals surface area contributed by atoms with Crippen LogP contribution in [0.2, 0.25) is 0 Å². The Morgan fingerprint density at radius 1 is 1.20 bits per heavy atom. The molecule has 2 aromatic heterocycles. The van der Waals surface area contributed by atoms with Crippen LogP contribution in [0.15, 0.2) is 27.8 Å². The maximum atomic E-state index is 14.4. The van der Waals surface area contributed by atoms with Crippen LogP contribution in [0.4, 0.5) is 4.39 Å². The van der Waals surface area contributed by atoms with E-state index in [1.54, 1.807) is 13.8 Å². The number of fused-ring (bicyclic) bond motifs is 1. The van der Waals surface area contributed by atoms with Gasteiger partial charge in [0.25, 0.3) is 5.56 Å². The van der Waals surface area contributed by atoms with Crippen molar-refractivity contribution in [3.63, 3.8) is 0 Å². The van der Waals surface area contributed by atoms with Crippen LogP contribution in [-0.2, 0) is 20.8 Å². The van der Waals surface area contributed by atoms with Gasteiger partial charge in [0.2, 0.25) is 0 Å². The number of methoxy groups -OCH3 is 1. The summed E-state index contributed by atoms with van der Waals surface area (Å²) in [6.07, 6.45) is -0.803. The van der Waals surface area contributed by atoms with Crippen LogP contribution in [0.3, 0.4) is 0 Å². The molecule has 3 aromatic rings. The lowest BCUT2D eigenvalue weighted by Crippen LogP contribution is -2.44.